The first kappa shape index (κ1) is 9.30. The zero-order valence-corrected chi connectivity index (χ0v) is 5.23. The molecule has 1 radical (unpaired) electrons. The van der Waals surface area contributed by atoms with Gasteiger partial charge in [0.1, 0.15) is 0 Å². The first-order valence-corrected chi connectivity index (χ1v) is 3.50. The fourth-order valence-corrected chi connectivity index (χ4v) is 0. The molecule has 0 atom stereocenters. The van der Waals surface area contributed by atoms with Crippen LogP contribution in [-0.4, -0.2) is 0 Å². The van der Waals surface area contributed by atoms with Crippen LogP contribution in [0.2, 0.25) is 0 Å². The zero-order valence-electron chi connectivity index (χ0n) is 1.51. The SMILES string of the molecule is [Cu].[P]#[Ni]#[P]. The molecule has 0 aliphatic rings. The Balaban J connectivity index is 0. The van der Waals surface area contributed by atoms with Gasteiger partial charge in [-0.05, 0) is 0 Å². The second-order valence-corrected chi connectivity index (χ2v) is 2.35. The van der Waals surface area contributed by atoms with E-state index in [0.29, 0.717) is 0 Å². The molecule has 31 valence electrons. The summed E-state index contributed by atoms with van der Waals surface area (Å²) in [7, 11) is 7.18. The van der Waals surface area contributed by atoms with E-state index in [-0.39, 0.29) is 17.1 Å². The number of rotatable bonds is 0. The van der Waals surface area contributed by atoms with E-state index in [9.17, 15) is 0 Å². The van der Waals surface area contributed by atoms with Gasteiger partial charge in [-0.3, -0.25) is 0 Å². The van der Waals surface area contributed by atoms with Crippen molar-refractivity contribution in [1.29, 1.82) is 0 Å². The Hall–Kier alpha value is 1.87. The third kappa shape index (κ3) is 9.11. The van der Waals surface area contributed by atoms with Crippen LogP contribution in [0.3, 0.4) is 0 Å². The van der Waals surface area contributed by atoms with E-state index in [1.165, 1.54) is 0 Å². The van der Waals surface area contributed by atoms with Crippen LogP contribution in [-0.2, 0) is 29.3 Å². The molecule has 0 unspecified atom stereocenters. The van der Waals surface area contributed by atoms with Gasteiger partial charge in [0.05, 0.1) is 0 Å². The van der Waals surface area contributed by atoms with E-state index in [4.69, 9.17) is 0 Å². The molecule has 0 bridgehead atoms. The van der Waals surface area contributed by atoms with Crippen molar-refractivity contribution in [2.75, 3.05) is 0 Å². The van der Waals surface area contributed by atoms with Gasteiger partial charge in [0.25, 0.3) is 0 Å². The van der Waals surface area contributed by atoms with Gasteiger partial charge in [0.2, 0.25) is 0 Å². The first-order chi connectivity index (χ1) is 1.41. The summed E-state index contributed by atoms with van der Waals surface area (Å²) in [6.45, 7) is 0. The third-order valence-corrected chi connectivity index (χ3v) is 0. The minimum atomic E-state index is 0. The van der Waals surface area contributed by atoms with E-state index in [2.05, 4.69) is 14.7 Å². The Kier molecular flexibility index (Phi) is 20.6. The maximum atomic E-state index is 3.59. The van der Waals surface area contributed by atoms with Gasteiger partial charge in [0, 0.05) is 17.1 Å². The van der Waals surface area contributed by atoms with Crippen LogP contribution in [0.4, 0.5) is 0 Å². The van der Waals surface area contributed by atoms with Crippen molar-refractivity contribution in [3.05, 3.63) is 0 Å². The van der Waals surface area contributed by atoms with Gasteiger partial charge in [-0.1, -0.05) is 0 Å². The predicted octanol–water partition coefficient (Wildman–Crippen LogP) is 1.72. The molecular weight excluding hydrogens is 184 g/mol. The summed E-state index contributed by atoms with van der Waals surface area (Å²) in [5.41, 5.74) is 0. The maximum absolute atomic E-state index is 3.59. The van der Waals surface area contributed by atoms with Crippen LogP contribution in [0, 0.1) is 0 Å². The van der Waals surface area contributed by atoms with Crippen LogP contribution < -0.4 is 0 Å². The van der Waals surface area contributed by atoms with Crippen molar-refractivity contribution < 1.29 is 29.3 Å². The second kappa shape index (κ2) is 8.86. The fraction of sp³-hybridized carbons (Fsp3) is 0. The van der Waals surface area contributed by atoms with Gasteiger partial charge in [-0.2, -0.15) is 0 Å². The molecule has 0 saturated heterocycles. The molecule has 4 heteroatoms. The fourth-order valence-electron chi connectivity index (χ4n) is 0. The Morgan fingerprint density at radius 3 is 1.25 bits per heavy atom. The number of hydrogen-bond acceptors (Lipinski definition) is 0. The summed E-state index contributed by atoms with van der Waals surface area (Å²) >= 11 is 1.01. The zero-order chi connectivity index (χ0) is 2.71. The van der Waals surface area contributed by atoms with Crippen LogP contribution in [0.1, 0.15) is 0 Å². The minimum absolute atomic E-state index is 0. The molecule has 0 saturated carbocycles. The Morgan fingerprint density at radius 2 is 1.25 bits per heavy atom. The molecule has 0 rings (SSSR count). The first-order valence-electron chi connectivity index (χ1n) is 0.283. The molecule has 0 N–H and O–H groups in total. The topological polar surface area (TPSA) is 0 Å². The van der Waals surface area contributed by atoms with Crippen molar-refractivity contribution in [2.24, 2.45) is 0 Å². The Bertz CT molecular complexity index is 79.2. The summed E-state index contributed by atoms with van der Waals surface area (Å²) < 4.78 is 0. The van der Waals surface area contributed by atoms with E-state index in [1.54, 1.807) is 0 Å². The summed E-state index contributed by atoms with van der Waals surface area (Å²) in [5, 5.41) is 0. The molecule has 0 aromatic heterocycles. The standard InChI is InChI=1S/Cu.Ni.2P. The normalized spacial score (nSPS) is 3.50. The van der Waals surface area contributed by atoms with E-state index < -0.39 is 0 Å². The molecule has 0 spiro atoms. The van der Waals surface area contributed by atoms with Gasteiger partial charge in [0.15, 0.2) is 0 Å². The monoisotopic (exact) mass is 183 g/mol. The predicted molar refractivity (Wildman–Crippen MR) is 13.8 cm³/mol. The third-order valence-electron chi connectivity index (χ3n) is 0. The van der Waals surface area contributed by atoms with Crippen LogP contribution in [0.5, 0.6) is 0 Å². The molecule has 0 aliphatic carbocycles. The van der Waals surface area contributed by atoms with E-state index in [1.807, 2.05) is 0 Å². The Morgan fingerprint density at radius 1 is 1.25 bits per heavy atom. The average molecular weight is 184 g/mol. The molecule has 0 nitrogen and oxygen atoms in total. The molecule has 0 heterocycles. The summed E-state index contributed by atoms with van der Waals surface area (Å²) in [5.74, 6) is 0. The van der Waals surface area contributed by atoms with Crippen LogP contribution in [0.25, 0.3) is 0 Å². The quantitative estimate of drug-likeness (QED) is 0.397. The van der Waals surface area contributed by atoms with Gasteiger partial charge in [-0.25, -0.2) is 0 Å². The molecule has 0 fully saturated rings. The van der Waals surface area contributed by atoms with Crippen molar-refractivity contribution in [3.8, 4) is 0 Å². The average Bonchev–Trinajstić information content (AvgIpc) is 0.918. The van der Waals surface area contributed by atoms with E-state index >= 15 is 0 Å². The van der Waals surface area contributed by atoms with Gasteiger partial charge >= 0.3 is 26.9 Å². The summed E-state index contributed by atoms with van der Waals surface area (Å²) in [6.07, 6.45) is 0. The van der Waals surface area contributed by atoms with Crippen LogP contribution in [0.15, 0.2) is 0 Å². The van der Waals surface area contributed by atoms with Gasteiger partial charge in [-0.15, -0.1) is 0 Å². The molecule has 0 aliphatic heterocycles. The molecular formula is CuNiP2. The van der Waals surface area contributed by atoms with E-state index in [0.717, 1.165) is 12.2 Å². The number of hydrogen-bond donors (Lipinski definition) is 0. The Labute approximate surface area is 44.2 Å². The summed E-state index contributed by atoms with van der Waals surface area (Å²) in [6, 6.07) is 0. The van der Waals surface area contributed by atoms with Crippen molar-refractivity contribution in [3.63, 3.8) is 0 Å². The molecule has 0 aromatic rings. The van der Waals surface area contributed by atoms with Crippen molar-refractivity contribution in [1.82, 2.24) is 0 Å². The van der Waals surface area contributed by atoms with Crippen molar-refractivity contribution in [2.45, 2.75) is 0 Å². The van der Waals surface area contributed by atoms with Crippen LogP contribution >= 0.6 is 14.7 Å². The van der Waals surface area contributed by atoms with Gasteiger partial charge < -0.3 is 0 Å². The van der Waals surface area contributed by atoms with Crippen molar-refractivity contribution >= 4 is 14.7 Å². The summed E-state index contributed by atoms with van der Waals surface area (Å²) in [4.78, 5) is 0. The molecule has 0 amide bonds. The second-order valence-electron chi connectivity index (χ2n) is 0.0632. The molecule has 4 heavy (non-hydrogen) atoms. The molecule has 0 aromatic carbocycles.